The number of benzene rings is 2. The van der Waals surface area contributed by atoms with E-state index in [1.54, 1.807) is 26.0 Å². The Balaban J connectivity index is 1.66. The van der Waals surface area contributed by atoms with E-state index in [9.17, 15) is 17.6 Å². The second kappa shape index (κ2) is 9.85. The molecule has 2 aromatic carbocycles. The van der Waals surface area contributed by atoms with Crippen LogP contribution in [0.5, 0.6) is 11.5 Å². The second-order valence-electron chi connectivity index (χ2n) is 8.67. The summed E-state index contributed by atoms with van der Waals surface area (Å²) in [6.45, 7) is 5.57. The van der Waals surface area contributed by atoms with Crippen LogP contribution in [-0.4, -0.2) is 35.9 Å². The SMILES string of the molecule is COc1cc2nc(C)nc(N[C@H](C)c3cccc(C(F)(F)F)c3F)c2cc1O[C@@H](C)COC1CC1. The Morgan fingerprint density at radius 1 is 1.11 bits per heavy atom. The Morgan fingerprint density at radius 2 is 1.86 bits per heavy atom. The Labute approximate surface area is 200 Å². The van der Waals surface area contributed by atoms with Gasteiger partial charge in [0.25, 0.3) is 0 Å². The normalized spacial score (nSPS) is 15.7. The van der Waals surface area contributed by atoms with E-state index in [1.807, 2.05) is 6.92 Å². The molecule has 1 saturated carbocycles. The lowest BCUT2D eigenvalue weighted by Gasteiger charge is -2.21. The maximum atomic E-state index is 14.7. The first kappa shape index (κ1) is 25.0. The lowest BCUT2D eigenvalue weighted by molar-refractivity contribution is -0.140. The van der Waals surface area contributed by atoms with Crippen molar-refractivity contribution in [2.45, 2.75) is 58.0 Å². The van der Waals surface area contributed by atoms with Gasteiger partial charge >= 0.3 is 6.18 Å². The smallest absolute Gasteiger partial charge is 0.419 e. The molecule has 0 amide bonds. The average Bonchev–Trinajstić information content (AvgIpc) is 3.61. The third-order valence-electron chi connectivity index (χ3n) is 5.67. The van der Waals surface area contributed by atoms with Crippen LogP contribution >= 0.6 is 0 Å². The van der Waals surface area contributed by atoms with Crippen molar-refractivity contribution >= 4 is 16.7 Å². The molecule has 2 atom stereocenters. The predicted molar refractivity (Wildman–Crippen MR) is 123 cm³/mol. The van der Waals surface area contributed by atoms with Crippen LogP contribution in [0.4, 0.5) is 23.4 Å². The van der Waals surface area contributed by atoms with Crippen molar-refractivity contribution in [1.82, 2.24) is 9.97 Å². The molecule has 0 radical (unpaired) electrons. The summed E-state index contributed by atoms with van der Waals surface area (Å²) >= 11 is 0. The lowest BCUT2D eigenvalue weighted by Crippen LogP contribution is -2.20. The molecule has 0 aliphatic heterocycles. The number of fused-ring (bicyclic) bond motifs is 1. The second-order valence-corrected chi connectivity index (χ2v) is 8.67. The van der Waals surface area contributed by atoms with E-state index in [0.29, 0.717) is 46.8 Å². The summed E-state index contributed by atoms with van der Waals surface area (Å²) in [6.07, 6.45) is -2.63. The summed E-state index contributed by atoms with van der Waals surface area (Å²) in [6, 6.07) is 5.82. The van der Waals surface area contributed by atoms with Gasteiger partial charge < -0.3 is 19.5 Å². The molecule has 1 aliphatic rings. The van der Waals surface area contributed by atoms with Crippen LogP contribution in [0.25, 0.3) is 10.9 Å². The van der Waals surface area contributed by atoms with Gasteiger partial charge in [-0.25, -0.2) is 14.4 Å². The number of alkyl halides is 3. The van der Waals surface area contributed by atoms with Crippen LogP contribution in [0, 0.1) is 12.7 Å². The van der Waals surface area contributed by atoms with Gasteiger partial charge in [-0.15, -0.1) is 0 Å². The molecule has 0 bridgehead atoms. The van der Waals surface area contributed by atoms with Gasteiger partial charge in [0.1, 0.15) is 23.6 Å². The molecule has 0 saturated heterocycles. The van der Waals surface area contributed by atoms with Gasteiger partial charge in [-0.3, -0.25) is 0 Å². The molecule has 188 valence electrons. The molecular weight excluding hydrogens is 466 g/mol. The Hall–Kier alpha value is -3.14. The number of ether oxygens (including phenoxy) is 3. The van der Waals surface area contributed by atoms with E-state index in [-0.39, 0.29) is 11.7 Å². The van der Waals surface area contributed by atoms with Gasteiger partial charge in [0.15, 0.2) is 11.5 Å². The Morgan fingerprint density at radius 3 is 2.51 bits per heavy atom. The monoisotopic (exact) mass is 493 g/mol. The molecule has 4 rings (SSSR count). The van der Waals surface area contributed by atoms with Crippen LogP contribution in [0.15, 0.2) is 30.3 Å². The number of hydrogen-bond acceptors (Lipinski definition) is 6. The Kier molecular flexibility index (Phi) is 7.02. The summed E-state index contributed by atoms with van der Waals surface area (Å²) < 4.78 is 71.5. The van der Waals surface area contributed by atoms with E-state index >= 15 is 0 Å². The minimum Gasteiger partial charge on any atom is -0.493 e. The van der Waals surface area contributed by atoms with E-state index in [2.05, 4.69) is 15.3 Å². The molecule has 35 heavy (non-hydrogen) atoms. The van der Waals surface area contributed by atoms with Crippen molar-refractivity contribution in [3.05, 3.63) is 53.1 Å². The zero-order valence-corrected chi connectivity index (χ0v) is 19.9. The van der Waals surface area contributed by atoms with Crippen LogP contribution in [0.3, 0.4) is 0 Å². The van der Waals surface area contributed by atoms with Gasteiger partial charge in [-0.1, -0.05) is 12.1 Å². The standard InChI is InChI=1S/C25H27F4N3O3/c1-13(12-34-16-8-9-16)35-22-10-18-20(11-21(22)33-4)31-15(3)32-24(18)30-14(2)17-6-5-7-19(23(17)26)25(27,28)29/h5-7,10-11,13-14,16H,8-9,12H2,1-4H3,(H,30,31,32)/t13-,14+/m0/s1. The highest BCUT2D eigenvalue weighted by molar-refractivity contribution is 5.92. The first-order chi connectivity index (χ1) is 16.6. The number of anilines is 1. The molecule has 1 heterocycles. The fraction of sp³-hybridized carbons (Fsp3) is 0.440. The number of rotatable bonds is 9. The third-order valence-corrected chi connectivity index (χ3v) is 5.67. The molecule has 10 heteroatoms. The van der Waals surface area contributed by atoms with Crippen molar-refractivity contribution in [2.75, 3.05) is 19.0 Å². The van der Waals surface area contributed by atoms with Crippen molar-refractivity contribution in [1.29, 1.82) is 0 Å². The summed E-state index contributed by atoms with van der Waals surface area (Å²) in [5.74, 6) is 0.368. The van der Waals surface area contributed by atoms with Crippen LogP contribution in [0.2, 0.25) is 0 Å². The molecule has 1 aromatic heterocycles. The highest BCUT2D eigenvalue weighted by atomic mass is 19.4. The van der Waals surface area contributed by atoms with Gasteiger partial charge in [0.05, 0.1) is 36.9 Å². The topological polar surface area (TPSA) is 65.5 Å². The largest absolute Gasteiger partial charge is 0.493 e. The summed E-state index contributed by atoms with van der Waals surface area (Å²) in [7, 11) is 1.52. The lowest BCUT2D eigenvalue weighted by atomic mass is 10.0. The molecule has 1 N–H and O–H groups in total. The molecule has 3 aromatic rings. The van der Waals surface area contributed by atoms with E-state index in [0.717, 1.165) is 18.9 Å². The number of hydrogen-bond donors (Lipinski definition) is 1. The van der Waals surface area contributed by atoms with Crippen LogP contribution < -0.4 is 14.8 Å². The quantitative estimate of drug-likeness (QED) is 0.357. The highest BCUT2D eigenvalue weighted by Gasteiger charge is 2.35. The number of methoxy groups -OCH3 is 1. The van der Waals surface area contributed by atoms with Crippen LogP contribution in [0.1, 0.15) is 49.7 Å². The number of halogens is 4. The van der Waals surface area contributed by atoms with Gasteiger partial charge in [-0.2, -0.15) is 13.2 Å². The molecular formula is C25H27F4N3O3. The predicted octanol–water partition coefficient (Wildman–Crippen LogP) is 6.22. The number of nitrogens with zero attached hydrogens (tertiary/aromatic N) is 2. The maximum absolute atomic E-state index is 14.7. The Bertz CT molecular complexity index is 1210. The summed E-state index contributed by atoms with van der Waals surface area (Å²) in [4.78, 5) is 8.87. The van der Waals surface area contributed by atoms with Crippen molar-refractivity contribution < 1.29 is 31.8 Å². The zero-order valence-electron chi connectivity index (χ0n) is 19.9. The third kappa shape index (κ3) is 5.75. The highest BCUT2D eigenvalue weighted by Crippen LogP contribution is 2.38. The molecule has 6 nitrogen and oxygen atoms in total. The molecule has 0 spiro atoms. The van der Waals surface area contributed by atoms with E-state index < -0.39 is 23.6 Å². The average molecular weight is 494 g/mol. The molecule has 1 aliphatic carbocycles. The number of nitrogens with one attached hydrogen (secondary N) is 1. The van der Waals surface area contributed by atoms with Crippen molar-refractivity contribution in [3.8, 4) is 11.5 Å². The van der Waals surface area contributed by atoms with E-state index in [1.165, 1.54) is 19.2 Å². The van der Waals surface area contributed by atoms with Gasteiger partial charge in [-0.05, 0) is 45.7 Å². The molecule has 1 fully saturated rings. The fourth-order valence-electron chi connectivity index (χ4n) is 3.76. The van der Waals surface area contributed by atoms with Gasteiger partial charge in [0, 0.05) is 17.0 Å². The van der Waals surface area contributed by atoms with E-state index in [4.69, 9.17) is 14.2 Å². The fourth-order valence-corrected chi connectivity index (χ4v) is 3.76. The number of aryl methyl sites for hydroxylation is 1. The number of aromatic nitrogens is 2. The van der Waals surface area contributed by atoms with Crippen LogP contribution in [-0.2, 0) is 10.9 Å². The first-order valence-electron chi connectivity index (χ1n) is 11.3. The molecule has 0 unspecified atom stereocenters. The summed E-state index contributed by atoms with van der Waals surface area (Å²) in [5.41, 5.74) is -0.891. The first-order valence-corrected chi connectivity index (χ1v) is 11.3. The minimum atomic E-state index is -4.79. The van der Waals surface area contributed by atoms with Gasteiger partial charge in [0.2, 0.25) is 0 Å². The minimum absolute atomic E-state index is 0.125. The van der Waals surface area contributed by atoms with Crippen molar-refractivity contribution in [2.24, 2.45) is 0 Å². The maximum Gasteiger partial charge on any atom is 0.419 e. The zero-order chi connectivity index (χ0) is 25.3. The van der Waals surface area contributed by atoms with Crippen molar-refractivity contribution in [3.63, 3.8) is 0 Å². The summed E-state index contributed by atoms with van der Waals surface area (Å²) in [5, 5.41) is 3.60.